The molecular formula is C18H25CuN7OS2. The van der Waals surface area contributed by atoms with E-state index in [0.29, 0.717) is 29.1 Å². The molecule has 0 saturated carbocycles. The summed E-state index contributed by atoms with van der Waals surface area (Å²) in [5, 5.41) is 9.10. The molecule has 11 heteroatoms. The van der Waals surface area contributed by atoms with E-state index in [1.807, 2.05) is 26.0 Å². The Labute approximate surface area is 193 Å². The number of nitrogens with zero attached hydrogens (tertiary/aromatic N) is 5. The van der Waals surface area contributed by atoms with Gasteiger partial charge in [-0.2, -0.15) is 10.2 Å². The molecule has 1 aliphatic heterocycles. The summed E-state index contributed by atoms with van der Waals surface area (Å²) in [6.07, 6.45) is 1.57. The summed E-state index contributed by atoms with van der Waals surface area (Å²) in [6.45, 7) is 8.27. The molecule has 1 aliphatic rings. The van der Waals surface area contributed by atoms with Crippen molar-refractivity contribution in [3.05, 3.63) is 29.8 Å². The average molecular weight is 483 g/mol. The molecule has 8 nitrogen and oxygen atoms in total. The van der Waals surface area contributed by atoms with E-state index < -0.39 is 0 Å². The first kappa shape index (κ1) is 25.3. The minimum absolute atomic E-state index is 0. The third-order valence-corrected chi connectivity index (χ3v) is 4.20. The first-order valence-corrected chi connectivity index (χ1v) is 9.94. The van der Waals surface area contributed by atoms with E-state index in [2.05, 4.69) is 48.1 Å². The number of hydrazone groups is 2. The van der Waals surface area contributed by atoms with E-state index >= 15 is 0 Å². The molecule has 1 saturated heterocycles. The number of rotatable bonds is 7. The van der Waals surface area contributed by atoms with Crippen LogP contribution in [0.25, 0.3) is 0 Å². The fourth-order valence-corrected chi connectivity index (χ4v) is 2.80. The van der Waals surface area contributed by atoms with Crippen molar-refractivity contribution >= 4 is 53.2 Å². The summed E-state index contributed by atoms with van der Waals surface area (Å²) in [5.41, 5.74) is 8.10. The van der Waals surface area contributed by atoms with Crippen LogP contribution >= 0.6 is 0 Å². The normalized spacial score (nSPS) is 15.9. The second-order valence-electron chi connectivity index (χ2n) is 5.68. The average Bonchev–Trinajstić information content (AvgIpc) is 2.72. The number of anilines is 1. The molecule has 0 unspecified atom stereocenters. The minimum atomic E-state index is 0. The summed E-state index contributed by atoms with van der Waals surface area (Å²) in [6, 6.07) is 8.10. The Bertz CT molecular complexity index is 732. The standard InChI is InChI=1S/C18H27N7OS2.Cu/c1-3-19-17(27)23-21-13-16(22-24-18(28)20-4-2)14-5-7-15(8-6-14)25-9-11-26-12-10-25;/h5-8,13H,3-4,9-12H2,1-2H3,(H2,19,23,27)(H2,20,24,28);/q;+2/p-2/b21-13+,22-16-;. The molecule has 29 heavy (non-hydrogen) atoms. The van der Waals surface area contributed by atoms with Gasteiger partial charge in [0.15, 0.2) is 0 Å². The van der Waals surface area contributed by atoms with Gasteiger partial charge < -0.3 is 34.9 Å². The molecule has 1 radical (unpaired) electrons. The van der Waals surface area contributed by atoms with Crippen molar-refractivity contribution in [1.82, 2.24) is 10.9 Å². The number of hydrogen-bond donors (Lipinski definition) is 2. The van der Waals surface area contributed by atoms with Gasteiger partial charge in [-0.05, 0) is 36.3 Å². The van der Waals surface area contributed by atoms with Gasteiger partial charge in [-0.1, -0.05) is 12.1 Å². The smallest absolute Gasteiger partial charge is 0.741 e. The van der Waals surface area contributed by atoms with Crippen LogP contribution in [0.15, 0.2) is 44.5 Å². The number of amidine groups is 2. The molecule has 2 rings (SSSR count). The van der Waals surface area contributed by atoms with Gasteiger partial charge in [-0.25, -0.2) is 0 Å². The third-order valence-electron chi connectivity index (χ3n) is 3.76. The van der Waals surface area contributed by atoms with Crippen LogP contribution in [-0.4, -0.2) is 61.7 Å². The van der Waals surface area contributed by atoms with Crippen molar-refractivity contribution in [2.75, 3.05) is 44.3 Å². The van der Waals surface area contributed by atoms with Crippen LogP contribution in [-0.2, 0) is 47.1 Å². The van der Waals surface area contributed by atoms with Crippen molar-refractivity contribution < 1.29 is 21.8 Å². The second kappa shape index (κ2) is 14.2. The molecule has 1 heterocycles. The number of hydrogen-bond acceptors (Lipinski definition) is 8. The molecule has 0 atom stereocenters. The van der Waals surface area contributed by atoms with Crippen LogP contribution in [0, 0.1) is 0 Å². The summed E-state index contributed by atoms with van der Waals surface area (Å²) in [5.74, 6) is 0. The van der Waals surface area contributed by atoms with Gasteiger partial charge in [0.25, 0.3) is 0 Å². The number of benzene rings is 1. The van der Waals surface area contributed by atoms with Crippen molar-refractivity contribution in [3.8, 4) is 0 Å². The quantitative estimate of drug-likeness (QED) is 0.200. The molecule has 0 bridgehead atoms. The van der Waals surface area contributed by atoms with E-state index in [9.17, 15) is 0 Å². The fraction of sp³-hybridized carbons (Fsp3) is 0.444. The van der Waals surface area contributed by atoms with E-state index in [4.69, 9.17) is 30.0 Å². The molecule has 1 aromatic rings. The van der Waals surface area contributed by atoms with E-state index in [-0.39, 0.29) is 17.1 Å². The topological polar surface area (TPSA) is 86.0 Å². The first-order chi connectivity index (χ1) is 13.6. The Kier molecular flexibility index (Phi) is 12.4. The van der Waals surface area contributed by atoms with Gasteiger partial charge in [0.2, 0.25) is 0 Å². The Morgan fingerprint density at radius 1 is 1.03 bits per heavy atom. The molecule has 0 aliphatic carbocycles. The van der Waals surface area contributed by atoms with Crippen LogP contribution in [0.3, 0.4) is 0 Å². The molecule has 2 N–H and O–H groups in total. The largest absolute Gasteiger partial charge is 2.00 e. The van der Waals surface area contributed by atoms with E-state index in [1.165, 1.54) is 0 Å². The van der Waals surface area contributed by atoms with Crippen molar-refractivity contribution in [3.63, 3.8) is 0 Å². The van der Waals surface area contributed by atoms with Crippen LogP contribution in [0.4, 0.5) is 5.69 Å². The van der Waals surface area contributed by atoms with Gasteiger partial charge >= 0.3 is 17.1 Å². The minimum Gasteiger partial charge on any atom is -0.741 e. The van der Waals surface area contributed by atoms with Gasteiger partial charge in [0.05, 0.1) is 19.4 Å². The zero-order valence-corrected chi connectivity index (χ0v) is 19.0. The summed E-state index contributed by atoms with van der Waals surface area (Å²) in [4.78, 5) is 10.4. The van der Waals surface area contributed by atoms with Gasteiger partial charge in [0, 0.05) is 37.4 Å². The summed E-state index contributed by atoms with van der Waals surface area (Å²) < 4.78 is 5.41. The van der Waals surface area contributed by atoms with Crippen LogP contribution in [0.5, 0.6) is 0 Å². The maximum Gasteiger partial charge on any atom is 2.00 e. The van der Waals surface area contributed by atoms with E-state index in [0.717, 1.165) is 37.6 Å². The Morgan fingerprint density at radius 2 is 1.62 bits per heavy atom. The Hall–Kier alpha value is -1.78. The zero-order valence-electron chi connectivity index (χ0n) is 16.4. The predicted molar refractivity (Wildman–Crippen MR) is 121 cm³/mol. The monoisotopic (exact) mass is 482 g/mol. The van der Waals surface area contributed by atoms with Gasteiger partial charge in [-0.3, -0.25) is 20.8 Å². The summed E-state index contributed by atoms with van der Waals surface area (Å²) in [7, 11) is 0. The maximum absolute atomic E-state index is 5.41. The van der Waals surface area contributed by atoms with Crippen LogP contribution in [0.2, 0.25) is 0 Å². The zero-order chi connectivity index (χ0) is 20.2. The van der Waals surface area contributed by atoms with Crippen molar-refractivity contribution in [2.45, 2.75) is 13.8 Å². The molecule has 0 aromatic heterocycles. The fourth-order valence-electron chi connectivity index (χ4n) is 2.45. The molecule has 0 spiro atoms. The molecule has 161 valence electrons. The molecule has 0 amide bonds. The third kappa shape index (κ3) is 9.05. The van der Waals surface area contributed by atoms with Crippen LogP contribution < -0.4 is 15.8 Å². The Morgan fingerprint density at radius 3 is 2.21 bits per heavy atom. The second-order valence-corrected chi connectivity index (χ2v) is 6.46. The van der Waals surface area contributed by atoms with Crippen molar-refractivity contribution in [1.29, 1.82) is 0 Å². The van der Waals surface area contributed by atoms with E-state index in [1.54, 1.807) is 6.21 Å². The van der Waals surface area contributed by atoms with Crippen LogP contribution in [0.1, 0.15) is 19.4 Å². The SMILES string of the molecule is CCN=C([S-])N/N=C/C(=N/NC([S-])=NCC)c1ccc(N2CCOCC2)cc1.[Cu+2]. The number of morpholine rings is 1. The van der Waals surface area contributed by atoms with Crippen molar-refractivity contribution in [2.24, 2.45) is 20.2 Å². The number of nitrogens with one attached hydrogen (secondary N) is 2. The molecular weight excluding hydrogens is 458 g/mol. The van der Waals surface area contributed by atoms with Gasteiger partial charge in [0.1, 0.15) is 5.71 Å². The summed E-state index contributed by atoms with van der Waals surface area (Å²) >= 11 is 10.2. The number of ether oxygens (including phenoxy) is 1. The first-order valence-electron chi connectivity index (χ1n) is 9.12. The maximum atomic E-state index is 5.41. The molecule has 1 aromatic carbocycles. The predicted octanol–water partition coefficient (Wildman–Crippen LogP) is 1.24. The molecule has 1 fully saturated rings. The van der Waals surface area contributed by atoms with Gasteiger partial charge in [-0.15, -0.1) is 0 Å². The number of aliphatic imine (C=N–C) groups is 2. The Balaban J connectivity index is 0.00000420.